The molecular weight excluding hydrogens is 583 g/mol. The van der Waals surface area contributed by atoms with Crippen LogP contribution in [-0.2, 0) is 34.0 Å². The van der Waals surface area contributed by atoms with Crippen molar-refractivity contribution >= 4 is 25.0 Å². The van der Waals surface area contributed by atoms with Crippen LogP contribution in [0, 0.1) is 13.8 Å². The van der Waals surface area contributed by atoms with E-state index in [-0.39, 0.29) is 18.9 Å². The predicted molar refractivity (Wildman–Crippen MR) is 176 cm³/mol. The lowest BCUT2D eigenvalue weighted by atomic mass is 9.76. The molecule has 0 unspecified atom stereocenters. The molecule has 0 aliphatic carbocycles. The maximum absolute atomic E-state index is 14.3. The molecule has 2 aromatic rings. The number of fused-ring (bicyclic) bond motifs is 2. The molecule has 0 spiro atoms. The lowest BCUT2D eigenvalue weighted by molar-refractivity contribution is -0.140. The monoisotopic (exact) mass is 632 g/mol. The second-order valence-electron chi connectivity index (χ2n) is 13.3. The summed E-state index contributed by atoms with van der Waals surface area (Å²) in [6.45, 7) is 5.65. The Morgan fingerprint density at radius 3 is 2.15 bits per heavy atom. The summed E-state index contributed by atoms with van der Waals surface area (Å²) in [5, 5.41) is 26.5. The lowest BCUT2D eigenvalue weighted by Gasteiger charge is -2.30. The Kier molecular flexibility index (Phi) is 11.8. The topological polar surface area (TPSA) is 131 Å². The van der Waals surface area contributed by atoms with Crippen molar-refractivity contribution in [2.24, 2.45) is 0 Å². The van der Waals surface area contributed by atoms with Gasteiger partial charge in [0.25, 0.3) is 0 Å². The van der Waals surface area contributed by atoms with Crippen LogP contribution in [0.15, 0.2) is 42.5 Å². The molecule has 5 rings (SSSR count). The molecule has 2 aromatic carbocycles. The summed E-state index contributed by atoms with van der Waals surface area (Å²) >= 11 is 0. The van der Waals surface area contributed by atoms with E-state index < -0.39 is 43.2 Å². The number of nitrogens with zero attached hydrogens (tertiary/aromatic N) is 2. The number of ether oxygens (including phenoxy) is 1. The van der Waals surface area contributed by atoms with Crippen molar-refractivity contribution in [1.82, 2.24) is 20.4 Å². The van der Waals surface area contributed by atoms with Gasteiger partial charge in [-0.15, -0.1) is 0 Å². The van der Waals surface area contributed by atoms with Gasteiger partial charge >= 0.3 is 13.2 Å². The molecule has 3 heterocycles. The summed E-state index contributed by atoms with van der Waals surface area (Å²) in [6, 6.07) is 12.6. The SMILES string of the molecule is Cc1cccc(C)c1CN[C@H]1CCCCCCCCC[C@@H](B(O)O)NC(=O)[C@@H]2C[C@@H](OC(=O)N3Cc4ccccc4C3)CN2C1=O. The van der Waals surface area contributed by atoms with Gasteiger partial charge in [-0.05, 0) is 54.5 Å². The Morgan fingerprint density at radius 1 is 0.913 bits per heavy atom. The van der Waals surface area contributed by atoms with Crippen LogP contribution < -0.4 is 10.6 Å². The van der Waals surface area contributed by atoms with Gasteiger partial charge in [-0.25, -0.2) is 4.79 Å². The maximum Gasteiger partial charge on any atom is 0.475 e. The molecule has 2 fully saturated rings. The van der Waals surface area contributed by atoms with Crippen LogP contribution in [0.5, 0.6) is 0 Å². The first kappa shape index (κ1) is 33.9. The number of hydrogen-bond donors (Lipinski definition) is 4. The first-order chi connectivity index (χ1) is 22.2. The van der Waals surface area contributed by atoms with Crippen LogP contribution in [0.4, 0.5) is 4.79 Å². The standard InChI is InChI=1S/C35H49BN4O6/c1-24-13-12-14-25(2)29(24)20-37-30-17-8-6-4-3-5-7-9-18-32(36(44)45)38-33(41)31-19-28(23-40(31)34(30)42)46-35(43)39-21-26-15-10-11-16-27(26)22-39/h10-16,28,30-32,37,44-45H,3-9,17-23H2,1-2H3,(H,38,41)/t28-,30+,31+,32+/m1/s1. The molecular formula is C35H49BN4O6. The summed E-state index contributed by atoms with van der Waals surface area (Å²) in [6.07, 6.45) is 6.86. The van der Waals surface area contributed by atoms with Gasteiger partial charge in [0.2, 0.25) is 11.8 Å². The highest BCUT2D eigenvalue weighted by Gasteiger charge is 2.44. The molecule has 11 heteroatoms. The molecule has 3 aliphatic heterocycles. The number of rotatable bonds is 5. The Balaban J connectivity index is 1.35. The highest BCUT2D eigenvalue weighted by Crippen LogP contribution is 2.28. The van der Waals surface area contributed by atoms with Gasteiger partial charge < -0.3 is 30.3 Å². The second-order valence-corrected chi connectivity index (χ2v) is 13.3. The van der Waals surface area contributed by atoms with Crippen molar-refractivity contribution in [3.63, 3.8) is 0 Å². The molecule has 4 N–H and O–H groups in total. The minimum absolute atomic E-state index is 0.0946. The predicted octanol–water partition coefficient (Wildman–Crippen LogP) is 3.90. The van der Waals surface area contributed by atoms with Crippen LogP contribution in [0.25, 0.3) is 0 Å². The molecule has 10 nitrogen and oxygen atoms in total. The van der Waals surface area contributed by atoms with Crippen molar-refractivity contribution in [2.45, 2.75) is 122 Å². The highest BCUT2D eigenvalue weighted by molar-refractivity contribution is 6.43. The van der Waals surface area contributed by atoms with E-state index in [4.69, 9.17) is 4.74 Å². The number of benzene rings is 2. The molecule has 4 atom stereocenters. The van der Waals surface area contributed by atoms with E-state index in [0.29, 0.717) is 32.5 Å². The van der Waals surface area contributed by atoms with Crippen LogP contribution in [0.3, 0.4) is 0 Å². The highest BCUT2D eigenvalue weighted by atomic mass is 16.6. The zero-order valence-corrected chi connectivity index (χ0v) is 27.2. The van der Waals surface area contributed by atoms with Crippen LogP contribution in [-0.4, -0.2) is 75.5 Å². The van der Waals surface area contributed by atoms with Gasteiger partial charge in [-0.1, -0.05) is 87.4 Å². The largest absolute Gasteiger partial charge is 0.475 e. The zero-order chi connectivity index (χ0) is 32.6. The summed E-state index contributed by atoms with van der Waals surface area (Å²) in [5.74, 6) is -1.51. The van der Waals surface area contributed by atoms with Crippen LogP contribution in [0.2, 0.25) is 0 Å². The number of hydrogen-bond acceptors (Lipinski definition) is 7. The molecule has 0 bridgehead atoms. The first-order valence-electron chi connectivity index (χ1n) is 17.0. The molecule has 248 valence electrons. The van der Waals surface area contributed by atoms with Gasteiger partial charge in [0, 0.05) is 26.1 Å². The second kappa shape index (κ2) is 15.9. The van der Waals surface area contributed by atoms with Gasteiger partial charge in [-0.2, -0.15) is 0 Å². The van der Waals surface area contributed by atoms with E-state index in [9.17, 15) is 24.4 Å². The average molecular weight is 633 g/mol. The van der Waals surface area contributed by atoms with Crippen molar-refractivity contribution in [3.05, 3.63) is 70.3 Å². The quantitative estimate of drug-likeness (QED) is 0.368. The van der Waals surface area contributed by atoms with Gasteiger partial charge in [0.1, 0.15) is 12.1 Å². The number of amides is 3. The fraction of sp³-hybridized carbons (Fsp3) is 0.571. The minimum Gasteiger partial charge on any atom is -0.444 e. The Bertz CT molecular complexity index is 1330. The van der Waals surface area contributed by atoms with Crippen molar-refractivity contribution in [2.75, 3.05) is 6.54 Å². The van der Waals surface area contributed by atoms with Crippen molar-refractivity contribution in [1.29, 1.82) is 0 Å². The summed E-state index contributed by atoms with van der Waals surface area (Å²) < 4.78 is 5.95. The summed E-state index contributed by atoms with van der Waals surface area (Å²) in [7, 11) is -1.72. The van der Waals surface area contributed by atoms with Crippen molar-refractivity contribution < 1.29 is 29.2 Å². The molecule has 0 radical (unpaired) electrons. The lowest BCUT2D eigenvalue weighted by Crippen LogP contribution is -2.56. The van der Waals surface area contributed by atoms with Crippen LogP contribution in [0.1, 0.15) is 92.0 Å². The zero-order valence-electron chi connectivity index (χ0n) is 27.2. The smallest absolute Gasteiger partial charge is 0.444 e. The van der Waals surface area contributed by atoms with Crippen molar-refractivity contribution in [3.8, 4) is 0 Å². The third-order valence-electron chi connectivity index (χ3n) is 9.88. The number of carbonyl (C=O) groups is 3. The molecule has 0 aromatic heterocycles. The van der Waals surface area contributed by atoms with Gasteiger partial charge in [-0.3, -0.25) is 14.5 Å². The van der Waals surface area contributed by atoms with Gasteiger partial charge in [0.05, 0.1) is 18.5 Å². The van der Waals surface area contributed by atoms with Gasteiger partial charge in [0.15, 0.2) is 0 Å². The molecule has 46 heavy (non-hydrogen) atoms. The minimum atomic E-state index is -1.72. The van der Waals surface area contributed by atoms with E-state index in [1.165, 1.54) is 0 Å². The Morgan fingerprint density at radius 2 is 1.52 bits per heavy atom. The third-order valence-corrected chi connectivity index (χ3v) is 9.88. The van der Waals surface area contributed by atoms with Crippen LogP contribution >= 0.6 is 0 Å². The Hall–Kier alpha value is -3.41. The fourth-order valence-electron chi connectivity index (χ4n) is 7.09. The van der Waals surface area contributed by atoms with E-state index >= 15 is 0 Å². The molecule has 2 saturated heterocycles. The molecule has 3 aliphatic rings. The summed E-state index contributed by atoms with van der Waals surface area (Å²) in [4.78, 5) is 44.6. The van der Waals surface area contributed by atoms with E-state index in [0.717, 1.165) is 72.8 Å². The summed E-state index contributed by atoms with van der Waals surface area (Å²) in [5.41, 5.74) is 5.61. The number of aryl methyl sites for hydroxylation is 2. The average Bonchev–Trinajstić information content (AvgIpc) is 3.66. The Labute approximate surface area is 273 Å². The fourth-order valence-corrected chi connectivity index (χ4v) is 7.09. The van der Waals surface area contributed by atoms with E-state index in [1.807, 2.05) is 30.3 Å². The van der Waals surface area contributed by atoms with E-state index in [2.05, 4.69) is 36.6 Å². The normalized spacial score (nSPS) is 24.7. The van der Waals surface area contributed by atoms with E-state index in [1.54, 1.807) is 9.80 Å². The molecule has 3 amide bonds. The first-order valence-corrected chi connectivity index (χ1v) is 17.0. The number of carbonyl (C=O) groups excluding carboxylic acids is 3. The number of nitrogens with one attached hydrogen (secondary N) is 2. The third kappa shape index (κ3) is 8.49. The molecule has 0 saturated carbocycles. The maximum atomic E-state index is 14.3.